The molecule has 0 bridgehead atoms. The van der Waals surface area contributed by atoms with Crippen molar-refractivity contribution in [2.45, 2.75) is 13.3 Å². The van der Waals surface area contributed by atoms with Crippen LogP contribution in [0.25, 0.3) is 5.76 Å². The van der Waals surface area contributed by atoms with Crippen LogP contribution in [0.3, 0.4) is 0 Å². The Balaban J connectivity index is 1.77. The van der Waals surface area contributed by atoms with Crippen LogP contribution < -0.4 is 4.74 Å². The SMILES string of the molecule is C=C(O/C(=C/C(=C)N(CCOCCOCCOc1ccccc1C(=O)O)S(C)(=O)=O)CC)c1ccc(F)cc1. The second kappa shape index (κ2) is 15.7. The van der Waals surface area contributed by atoms with Gasteiger partial charge in [-0.15, -0.1) is 0 Å². The van der Waals surface area contributed by atoms with Crippen LogP contribution in [0.15, 0.2) is 79.2 Å². The van der Waals surface area contributed by atoms with Crippen molar-refractivity contribution >= 4 is 21.8 Å². The minimum Gasteiger partial charge on any atom is -0.490 e. The van der Waals surface area contributed by atoms with Gasteiger partial charge >= 0.3 is 5.97 Å². The van der Waals surface area contributed by atoms with Crippen LogP contribution in [0.5, 0.6) is 5.75 Å². The van der Waals surface area contributed by atoms with Crippen molar-refractivity contribution in [3.63, 3.8) is 0 Å². The monoisotopic (exact) mass is 563 g/mol. The van der Waals surface area contributed by atoms with E-state index in [1.165, 1.54) is 36.4 Å². The molecule has 2 aromatic carbocycles. The largest absolute Gasteiger partial charge is 0.490 e. The number of nitrogens with zero attached hydrogens (tertiary/aromatic N) is 1. The number of hydrogen-bond donors (Lipinski definition) is 1. The van der Waals surface area contributed by atoms with E-state index in [2.05, 4.69) is 13.2 Å². The van der Waals surface area contributed by atoms with E-state index in [1.807, 2.05) is 6.92 Å². The summed E-state index contributed by atoms with van der Waals surface area (Å²) in [5.41, 5.74) is 0.858. The number of aromatic carboxylic acids is 1. The maximum Gasteiger partial charge on any atom is 0.339 e. The third-order valence-corrected chi connectivity index (χ3v) is 6.45. The molecule has 0 heterocycles. The van der Waals surface area contributed by atoms with Crippen LogP contribution in [-0.2, 0) is 24.2 Å². The van der Waals surface area contributed by atoms with Crippen molar-refractivity contribution in [3.8, 4) is 5.75 Å². The molecule has 0 atom stereocenters. The lowest BCUT2D eigenvalue weighted by atomic mass is 10.2. The molecule has 0 aliphatic carbocycles. The molecule has 2 rings (SSSR count). The predicted octanol–water partition coefficient (Wildman–Crippen LogP) is 4.69. The molecule has 0 spiro atoms. The summed E-state index contributed by atoms with van der Waals surface area (Å²) in [7, 11) is -3.64. The van der Waals surface area contributed by atoms with E-state index in [-0.39, 0.29) is 62.4 Å². The van der Waals surface area contributed by atoms with E-state index in [0.717, 1.165) is 10.6 Å². The van der Waals surface area contributed by atoms with Gasteiger partial charge in [0.2, 0.25) is 10.0 Å². The average molecular weight is 564 g/mol. The average Bonchev–Trinajstić information content (AvgIpc) is 2.88. The minimum absolute atomic E-state index is 0.0269. The Morgan fingerprint density at radius 1 is 1.00 bits per heavy atom. The lowest BCUT2D eigenvalue weighted by molar-refractivity contribution is 0.0348. The molecule has 0 aliphatic rings. The molecule has 0 unspecified atom stereocenters. The molecule has 2 aromatic rings. The standard InChI is InChI=1S/C28H34FNO8S/c1-5-25(38-22(3)23-10-12-24(29)13-11-23)20-21(2)30(39(4,33)34)14-15-35-16-17-36-18-19-37-27-9-7-6-8-26(27)28(31)32/h6-13,20H,2-3,5,14-19H2,1,4H3,(H,31,32)/b25-20+. The van der Waals surface area contributed by atoms with Crippen molar-refractivity contribution in [3.05, 3.63) is 96.2 Å². The summed E-state index contributed by atoms with van der Waals surface area (Å²) >= 11 is 0. The maximum absolute atomic E-state index is 13.2. The Morgan fingerprint density at radius 2 is 1.62 bits per heavy atom. The minimum atomic E-state index is -3.64. The van der Waals surface area contributed by atoms with E-state index < -0.39 is 16.0 Å². The van der Waals surface area contributed by atoms with Gasteiger partial charge in [0.1, 0.15) is 35.3 Å². The zero-order chi connectivity index (χ0) is 28.8. The van der Waals surface area contributed by atoms with Crippen molar-refractivity contribution in [2.75, 3.05) is 45.8 Å². The summed E-state index contributed by atoms with van der Waals surface area (Å²) in [5.74, 6) is -0.462. The highest BCUT2D eigenvalue weighted by Gasteiger charge is 2.18. The molecule has 0 radical (unpaired) electrons. The van der Waals surface area contributed by atoms with Gasteiger partial charge in [-0.25, -0.2) is 17.6 Å². The van der Waals surface area contributed by atoms with Crippen molar-refractivity contribution in [1.29, 1.82) is 0 Å². The first-order valence-electron chi connectivity index (χ1n) is 12.1. The quantitative estimate of drug-likeness (QED) is 0.158. The summed E-state index contributed by atoms with van der Waals surface area (Å²) in [6, 6.07) is 12.0. The lowest BCUT2D eigenvalue weighted by Crippen LogP contribution is -2.32. The summed E-state index contributed by atoms with van der Waals surface area (Å²) in [4.78, 5) is 11.2. The number of halogens is 1. The molecule has 9 nitrogen and oxygen atoms in total. The van der Waals surface area contributed by atoms with Gasteiger partial charge in [-0.05, 0) is 36.4 Å². The molecule has 1 N–H and O–H groups in total. The first-order chi connectivity index (χ1) is 18.5. The number of carboxylic acid groups (broad SMARTS) is 1. The molecule has 0 fully saturated rings. The zero-order valence-electron chi connectivity index (χ0n) is 22.1. The Morgan fingerprint density at radius 3 is 2.23 bits per heavy atom. The van der Waals surface area contributed by atoms with E-state index in [0.29, 0.717) is 23.5 Å². The molecular formula is C28H34FNO8S. The molecule has 0 saturated heterocycles. The summed E-state index contributed by atoms with van der Waals surface area (Å²) in [5, 5.41) is 9.16. The summed E-state index contributed by atoms with van der Waals surface area (Å²) in [6.07, 6.45) is 3.03. The highest BCUT2D eigenvalue weighted by molar-refractivity contribution is 7.88. The molecule has 0 aromatic heterocycles. The van der Waals surface area contributed by atoms with Crippen molar-refractivity contribution in [1.82, 2.24) is 4.31 Å². The fourth-order valence-electron chi connectivity index (χ4n) is 3.29. The van der Waals surface area contributed by atoms with Gasteiger partial charge in [0.15, 0.2) is 0 Å². The third kappa shape index (κ3) is 10.9. The van der Waals surface area contributed by atoms with Crippen LogP contribution in [-0.4, -0.2) is 69.6 Å². The van der Waals surface area contributed by atoms with E-state index in [9.17, 15) is 17.6 Å². The normalized spacial score (nSPS) is 11.6. The number of para-hydroxylation sites is 1. The topological polar surface area (TPSA) is 112 Å². The van der Waals surface area contributed by atoms with Crippen molar-refractivity contribution in [2.24, 2.45) is 0 Å². The number of allylic oxidation sites excluding steroid dienone is 2. The van der Waals surface area contributed by atoms with Crippen LogP contribution in [0.1, 0.15) is 29.3 Å². The van der Waals surface area contributed by atoms with Crippen molar-refractivity contribution < 1.29 is 41.7 Å². The smallest absolute Gasteiger partial charge is 0.339 e. The number of sulfonamides is 1. The number of carbonyl (C=O) groups is 1. The first-order valence-corrected chi connectivity index (χ1v) is 14.0. The molecule has 0 saturated carbocycles. The van der Waals surface area contributed by atoms with Gasteiger partial charge in [0, 0.05) is 23.8 Å². The number of rotatable bonds is 18. The lowest BCUT2D eigenvalue weighted by Gasteiger charge is -2.23. The van der Waals surface area contributed by atoms with Gasteiger partial charge in [-0.1, -0.05) is 32.2 Å². The van der Waals surface area contributed by atoms with Gasteiger partial charge in [-0.2, -0.15) is 0 Å². The van der Waals surface area contributed by atoms with Crippen LogP contribution in [0.2, 0.25) is 0 Å². The molecular weight excluding hydrogens is 529 g/mol. The molecule has 39 heavy (non-hydrogen) atoms. The van der Waals surface area contributed by atoms with Crippen LogP contribution >= 0.6 is 0 Å². The summed E-state index contributed by atoms with van der Waals surface area (Å²) < 4.78 is 61.1. The molecule has 0 aliphatic heterocycles. The highest BCUT2D eigenvalue weighted by atomic mass is 32.2. The first kappa shape index (κ1) is 31.5. The summed E-state index contributed by atoms with van der Waals surface area (Å²) in [6.45, 7) is 10.5. The van der Waals surface area contributed by atoms with E-state index >= 15 is 0 Å². The van der Waals surface area contributed by atoms with Gasteiger partial charge in [-0.3, -0.25) is 4.31 Å². The second-order valence-corrected chi connectivity index (χ2v) is 10.1. The van der Waals surface area contributed by atoms with Crippen LogP contribution in [0, 0.1) is 5.82 Å². The fourth-order valence-corrected chi connectivity index (χ4v) is 4.17. The van der Waals surface area contributed by atoms with Gasteiger partial charge < -0.3 is 24.1 Å². The number of hydrogen-bond acceptors (Lipinski definition) is 7. The Labute approximate surface area is 228 Å². The predicted molar refractivity (Wildman–Crippen MR) is 146 cm³/mol. The van der Waals surface area contributed by atoms with Crippen LogP contribution in [0.4, 0.5) is 4.39 Å². The van der Waals surface area contributed by atoms with E-state index in [4.69, 9.17) is 24.1 Å². The van der Waals surface area contributed by atoms with Gasteiger partial charge in [0.25, 0.3) is 0 Å². The Hall–Kier alpha value is -3.67. The third-order valence-electron chi connectivity index (χ3n) is 5.23. The Bertz CT molecular complexity index is 1260. The Kier molecular flexibility index (Phi) is 12.7. The van der Waals surface area contributed by atoms with Gasteiger partial charge in [0.05, 0.1) is 39.2 Å². The number of ether oxygens (including phenoxy) is 4. The molecule has 212 valence electrons. The number of benzene rings is 2. The fraction of sp³-hybridized carbons (Fsp3) is 0.321. The van der Waals surface area contributed by atoms with E-state index in [1.54, 1.807) is 18.2 Å². The number of carboxylic acids is 1. The molecule has 0 amide bonds. The maximum atomic E-state index is 13.2. The second-order valence-electron chi connectivity index (χ2n) is 8.20. The highest BCUT2D eigenvalue weighted by Crippen LogP contribution is 2.22. The molecule has 11 heteroatoms. The zero-order valence-corrected chi connectivity index (χ0v) is 22.9.